The number of carbonyl (C=O) groups is 1. The number of benzene rings is 2. The van der Waals surface area contributed by atoms with Crippen LogP contribution in [0, 0.1) is 0 Å². The van der Waals surface area contributed by atoms with Crippen molar-refractivity contribution in [1.29, 1.82) is 0 Å². The van der Waals surface area contributed by atoms with Gasteiger partial charge in [-0.25, -0.2) is 0 Å². The minimum absolute atomic E-state index is 0.0470. The Morgan fingerprint density at radius 3 is 2.52 bits per heavy atom. The second-order valence-electron chi connectivity index (χ2n) is 6.09. The molecule has 0 bridgehead atoms. The Bertz CT molecular complexity index is 1060. The summed E-state index contributed by atoms with van der Waals surface area (Å²) < 4.78 is 36.0. The molecule has 2 aromatic rings. The van der Waals surface area contributed by atoms with E-state index in [0.29, 0.717) is 21.3 Å². The first-order valence-corrected chi connectivity index (χ1v) is 11.4. The molecule has 3 rings (SSSR count). The summed E-state index contributed by atoms with van der Waals surface area (Å²) in [6.07, 6.45) is 2.52. The van der Waals surface area contributed by atoms with Crippen LogP contribution in [0.4, 0.5) is 0 Å². The first-order chi connectivity index (χ1) is 13.9. The van der Waals surface area contributed by atoms with Gasteiger partial charge in [-0.05, 0) is 42.3 Å². The molecule has 1 fully saturated rings. The van der Waals surface area contributed by atoms with Crippen LogP contribution in [0.2, 0.25) is 0 Å². The summed E-state index contributed by atoms with van der Waals surface area (Å²) in [5.41, 5.74) is 0.670. The summed E-state index contributed by atoms with van der Waals surface area (Å²) in [5.74, 6) is 0.169. The van der Waals surface area contributed by atoms with Gasteiger partial charge in [0.15, 0.2) is 11.5 Å². The van der Waals surface area contributed by atoms with Crippen molar-refractivity contribution in [2.45, 2.75) is 18.2 Å². The number of hydrogen-bond donors (Lipinski definition) is 0. The number of hydrogen-bond acceptors (Lipinski definition) is 7. The molecule has 1 saturated heterocycles. The maximum atomic E-state index is 12.5. The minimum atomic E-state index is -3.99. The lowest BCUT2D eigenvalue weighted by Gasteiger charge is -2.12. The first kappa shape index (κ1) is 21.4. The van der Waals surface area contributed by atoms with E-state index in [2.05, 4.69) is 0 Å². The molecule has 1 aliphatic heterocycles. The number of thiocarbonyl (C=S) groups is 1. The predicted octanol–water partition coefficient (Wildman–Crippen LogP) is 4.07. The molecule has 1 aliphatic rings. The van der Waals surface area contributed by atoms with Crippen molar-refractivity contribution >= 4 is 50.4 Å². The zero-order chi connectivity index (χ0) is 21.0. The quantitative estimate of drug-likeness (QED) is 0.358. The standard InChI is InChI=1S/C20H19NO5S3/c1-3-11-21-19(22)18(28-20(21)27)13-14-9-10-16(17(12-14)25-2)26-29(23,24)15-7-5-4-6-8-15/h4-10,12-13H,3,11H2,1-2H3/b18-13+. The molecular formula is C20H19NO5S3. The highest BCUT2D eigenvalue weighted by Crippen LogP contribution is 2.35. The van der Waals surface area contributed by atoms with E-state index >= 15 is 0 Å². The van der Waals surface area contributed by atoms with E-state index in [1.165, 1.54) is 37.1 Å². The summed E-state index contributed by atoms with van der Waals surface area (Å²) in [5, 5.41) is 0. The number of nitrogens with zero attached hydrogens (tertiary/aromatic N) is 1. The molecule has 29 heavy (non-hydrogen) atoms. The van der Waals surface area contributed by atoms with Crippen molar-refractivity contribution in [2.75, 3.05) is 13.7 Å². The number of carbonyl (C=O) groups excluding carboxylic acids is 1. The molecule has 0 saturated carbocycles. The maximum absolute atomic E-state index is 12.5. The van der Waals surface area contributed by atoms with E-state index in [1.807, 2.05) is 6.92 Å². The molecule has 0 atom stereocenters. The fourth-order valence-corrected chi connectivity index (χ4v) is 4.93. The third kappa shape index (κ3) is 4.80. The molecule has 1 heterocycles. The van der Waals surface area contributed by atoms with Gasteiger partial charge in [0.25, 0.3) is 5.91 Å². The lowest BCUT2D eigenvalue weighted by Crippen LogP contribution is -2.28. The summed E-state index contributed by atoms with van der Waals surface area (Å²) in [6, 6.07) is 12.6. The van der Waals surface area contributed by atoms with Gasteiger partial charge in [0.05, 0.1) is 12.0 Å². The van der Waals surface area contributed by atoms with Crippen LogP contribution in [0.3, 0.4) is 0 Å². The van der Waals surface area contributed by atoms with Gasteiger partial charge in [-0.15, -0.1) is 0 Å². The van der Waals surface area contributed by atoms with Gasteiger partial charge in [0, 0.05) is 6.54 Å². The molecule has 0 N–H and O–H groups in total. The zero-order valence-electron chi connectivity index (χ0n) is 15.8. The third-order valence-electron chi connectivity index (χ3n) is 4.04. The van der Waals surface area contributed by atoms with Crippen LogP contribution >= 0.6 is 24.0 Å². The van der Waals surface area contributed by atoms with Crippen LogP contribution in [0.25, 0.3) is 6.08 Å². The molecule has 2 aromatic carbocycles. The van der Waals surface area contributed by atoms with Crippen molar-refractivity contribution in [3.63, 3.8) is 0 Å². The van der Waals surface area contributed by atoms with Crippen LogP contribution < -0.4 is 8.92 Å². The molecule has 9 heteroatoms. The predicted molar refractivity (Wildman–Crippen MR) is 117 cm³/mol. The summed E-state index contributed by atoms with van der Waals surface area (Å²) in [4.78, 5) is 14.6. The van der Waals surface area contributed by atoms with E-state index in [1.54, 1.807) is 41.3 Å². The Kier molecular flexibility index (Phi) is 6.61. The first-order valence-electron chi connectivity index (χ1n) is 8.78. The van der Waals surface area contributed by atoms with E-state index in [9.17, 15) is 13.2 Å². The average Bonchev–Trinajstić information content (AvgIpc) is 2.97. The molecule has 0 aliphatic carbocycles. The summed E-state index contributed by atoms with van der Waals surface area (Å²) in [7, 11) is -2.57. The molecule has 152 valence electrons. The van der Waals surface area contributed by atoms with Gasteiger partial charge in [-0.3, -0.25) is 9.69 Å². The lowest BCUT2D eigenvalue weighted by atomic mass is 10.2. The zero-order valence-corrected chi connectivity index (χ0v) is 18.3. The Morgan fingerprint density at radius 1 is 1.14 bits per heavy atom. The van der Waals surface area contributed by atoms with Crippen LogP contribution in [-0.4, -0.2) is 37.2 Å². The number of thioether (sulfide) groups is 1. The van der Waals surface area contributed by atoms with Crippen LogP contribution in [0.5, 0.6) is 11.5 Å². The minimum Gasteiger partial charge on any atom is -0.493 e. The van der Waals surface area contributed by atoms with Gasteiger partial charge < -0.3 is 8.92 Å². The molecule has 0 unspecified atom stereocenters. The number of methoxy groups -OCH3 is 1. The molecular weight excluding hydrogens is 430 g/mol. The van der Waals surface area contributed by atoms with Crippen molar-refractivity contribution < 1.29 is 22.1 Å². The Labute approximate surface area is 179 Å². The smallest absolute Gasteiger partial charge is 0.339 e. The van der Waals surface area contributed by atoms with Crippen LogP contribution in [0.15, 0.2) is 58.3 Å². The highest BCUT2D eigenvalue weighted by molar-refractivity contribution is 8.26. The van der Waals surface area contributed by atoms with E-state index in [-0.39, 0.29) is 22.3 Å². The number of amides is 1. The normalized spacial score (nSPS) is 15.8. The van der Waals surface area contributed by atoms with Crippen molar-refractivity contribution in [1.82, 2.24) is 4.90 Å². The fourth-order valence-electron chi connectivity index (χ4n) is 2.66. The Balaban J connectivity index is 1.86. The molecule has 0 spiro atoms. The topological polar surface area (TPSA) is 72.9 Å². The highest BCUT2D eigenvalue weighted by atomic mass is 32.2. The lowest BCUT2D eigenvalue weighted by molar-refractivity contribution is -0.122. The molecule has 0 aromatic heterocycles. The van der Waals surface area contributed by atoms with Gasteiger partial charge in [0.2, 0.25) is 0 Å². The molecule has 0 radical (unpaired) electrons. The second-order valence-corrected chi connectivity index (χ2v) is 9.32. The van der Waals surface area contributed by atoms with Gasteiger partial charge in [-0.1, -0.05) is 55.2 Å². The highest BCUT2D eigenvalue weighted by Gasteiger charge is 2.31. The van der Waals surface area contributed by atoms with E-state index < -0.39 is 10.1 Å². The monoisotopic (exact) mass is 449 g/mol. The summed E-state index contributed by atoms with van der Waals surface area (Å²) >= 11 is 6.51. The van der Waals surface area contributed by atoms with Crippen molar-refractivity contribution in [2.24, 2.45) is 0 Å². The van der Waals surface area contributed by atoms with Gasteiger partial charge in [-0.2, -0.15) is 8.42 Å². The number of ether oxygens (including phenoxy) is 1. The maximum Gasteiger partial charge on any atom is 0.339 e. The Morgan fingerprint density at radius 2 is 1.86 bits per heavy atom. The van der Waals surface area contributed by atoms with Crippen LogP contribution in [-0.2, 0) is 14.9 Å². The van der Waals surface area contributed by atoms with Crippen molar-refractivity contribution in [3.8, 4) is 11.5 Å². The van der Waals surface area contributed by atoms with E-state index in [4.69, 9.17) is 21.1 Å². The van der Waals surface area contributed by atoms with Crippen molar-refractivity contribution in [3.05, 3.63) is 59.0 Å². The third-order valence-corrected chi connectivity index (χ3v) is 6.66. The van der Waals surface area contributed by atoms with Gasteiger partial charge in [0.1, 0.15) is 9.22 Å². The fraction of sp³-hybridized carbons (Fsp3) is 0.200. The van der Waals surface area contributed by atoms with Gasteiger partial charge >= 0.3 is 10.1 Å². The largest absolute Gasteiger partial charge is 0.493 e. The second kappa shape index (κ2) is 8.98. The molecule has 1 amide bonds. The summed E-state index contributed by atoms with van der Waals surface area (Å²) in [6.45, 7) is 2.56. The van der Waals surface area contributed by atoms with E-state index in [0.717, 1.165) is 6.42 Å². The molecule has 6 nitrogen and oxygen atoms in total. The average molecular weight is 450 g/mol. The number of rotatable bonds is 7. The Hall–Kier alpha value is -2.36. The van der Waals surface area contributed by atoms with Crippen LogP contribution in [0.1, 0.15) is 18.9 Å². The SMILES string of the molecule is CCCN1C(=O)/C(=C\c2ccc(OS(=O)(=O)c3ccccc3)c(OC)c2)SC1=S.